The molecule has 0 aliphatic heterocycles. The van der Waals surface area contributed by atoms with Gasteiger partial charge in [0, 0.05) is 10.9 Å². The van der Waals surface area contributed by atoms with Crippen LogP contribution in [0.3, 0.4) is 0 Å². The van der Waals surface area contributed by atoms with Crippen LogP contribution in [0, 0.1) is 11.3 Å². The summed E-state index contributed by atoms with van der Waals surface area (Å²) in [5.41, 5.74) is 4.68. The van der Waals surface area contributed by atoms with Crippen LogP contribution in [0.4, 0.5) is 0 Å². The molecule has 1 aromatic heterocycles. The second-order valence-corrected chi connectivity index (χ2v) is 9.03. The van der Waals surface area contributed by atoms with E-state index in [1.807, 2.05) is 48.5 Å². The van der Waals surface area contributed by atoms with Gasteiger partial charge in [-0.1, -0.05) is 51.1 Å². The Kier molecular flexibility index (Phi) is 5.10. The number of carbonyl (C=O) groups is 1. The van der Waals surface area contributed by atoms with Crippen molar-refractivity contribution >= 4 is 28.5 Å². The van der Waals surface area contributed by atoms with Gasteiger partial charge in [0.25, 0.3) is 0 Å². The Bertz CT molecular complexity index is 1140. The summed E-state index contributed by atoms with van der Waals surface area (Å²) < 4.78 is 5.26. The van der Waals surface area contributed by atoms with Crippen LogP contribution in [0.1, 0.15) is 54.4 Å². The first-order chi connectivity index (χ1) is 14.3. The van der Waals surface area contributed by atoms with Gasteiger partial charge in [0.2, 0.25) is 0 Å². The van der Waals surface area contributed by atoms with Crippen LogP contribution >= 0.6 is 0 Å². The lowest BCUT2D eigenvalue weighted by atomic mass is 9.69. The van der Waals surface area contributed by atoms with Crippen molar-refractivity contribution in [1.29, 1.82) is 0 Å². The number of allylic oxidation sites excluding steroid dienone is 1. The van der Waals surface area contributed by atoms with E-state index in [2.05, 4.69) is 26.8 Å². The molecule has 0 radical (unpaired) electrons. The van der Waals surface area contributed by atoms with Gasteiger partial charge in [-0.05, 0) is 65.1 Å². The molecule has 1 aliphatic carbocycles. The number of methoxy groups -OCH3 is 1. The summed E-state index contributed by atoms with van der Waals surface area (Å²) in [7, 11) is 1.65. The third-order valence-electron chi connectivity index (χ3n) is 6.10. The van der Waals surface area contributed by atoms with Crippen molar-refractivity contribution < 1.29 is 14.6 Å². The largest absolute Gasteiger partial charge is 0.545 e. The standard InChI is InChI=1S/C26H27NO3/c1-26(2,3)18-14-17(13-16-9-11-19(30-4)12-10-16)24-21(15-18)23(25(28)29)20-7-5-6-8-22(20)27-24/h5-13,18H,14-15H2,1-4H3,(H,28,29)/p-1/b17-13+/t18-/m1/s1. The summed E-state index contributed by atoms with van der Waals surface area (Å²) >= 11 is 0. The first-order valence-electron chi connectivity index (χ1n) is 10.3. The first-order valence-corrected chi connectivity index (χ1v) is 10.3. The van der Waals surface area contributed by atoms with Crippen molar-refractivity contribution in [1.82, 2.24) is 4.98 Å². The highest BCUT2D eigenvalue weighted by atomic mass is 16.5. The number of hydrogen-bond acceptors (Lipinski definition) is 4. The van der Waals surface area contributed by atoms with E-state index in [-0.39, 0.29) is 11.0 Å². The number of hydrogen-bond donors (Lipinski definition) is 0. The number of pyridine rings is 1. The molecular formula is C26H26NO3-. The number of aromatic carboxylic acids is 1. The molecule has 154 valence electrons. The number of nitrogens with zero attached hydrogens (tertiary/aromatic N) is 1. The molecule has 0 saturated carbocycles. The fourth-order valence-electron chi connectivity index (χ4n) is 4.27. The predicted molar refractivity (Wildman–Crippen MR) is 118 cm³/mol. The van der Waals surface area contributed by atoms with Crippen LogP contribution in [0.2, 0.25) is 0 Å². The average molecular weight is 400 g/mol. The molecule has 0 bridgehead atoms. The fourth-order valence-corrected chi connectivity index (χ4v) is 4.27. The summed E-state index contributed by atoms with van der Waals surface area (Å²) in [6.07, 6.45) is 3.65. The van der Waals surface area contributed by atoms with Crippen molar-refractivity contribution in [3.63, 3.8) is 0 Å². The van der Waals surface area contributed by atoms with Crippen LogP contribution < -0.4 is 9.84 Å². The minimum absolute atomic E-state index is 0.0333. The number of benzene rings is 2. The number of carboxylic acid groups (broad SMARTS) is 1. The molecule has 0 unspecified atom stereocenters. The molecule has 30 heavy (non-hydrogen) atoms. The highest BCUT2D eigenvalue weighted by Gasteiger charge is 2.34. The van der Waals surface area contributed by atoms with Gasteiger partial charge in [0.1, 0.15) is 5.75 Å². The second-order valence-electron chi connectivity index (χ2n) is 9.03. The fraction of sp³-hybridized carbons (Fsp3) is 0.308. The molecule has 4 nitrogen and oxygen atoms in total. The number of para-hydroxylation sites is 1. The van der Waals surface area contributed by atoms with Gasteiger partial charge in [-0.15, -0.1) is 0 Å². The van der Waals surface area contributed by atoms with Gasteiger partial charge in [0.05, 0.1) is 24.3 Å². The van der Waals surface area contributed by atoms with Crippen LogP contribution in [0.5, 0.6) is 5.75 Å². The lowest BCUT2D eigenvalue weighted by Crippen LogP contribution is -2.31. The molecule has 1 heterocycles. The van der Waals surface area contributed by atoms with E-state index in [0.29, 0.717) is 23.2 Å². The summed E-state index contributed by atoms with van der Waals surface area (Å²) in [6, 6.07) is 15.3. The minimum atomic E-state index is -1.14. The van der Waals surface area contributed by atoms with Gasteiger partial charge in [-0.3, -0.25) is 0 Å². The molecule has 2 aromatic carbocycles. The minimum Gasteiger partial charge on any atom is -0.545 e. The Balaban J connectivity index is 1.96. The van der Waals surface area contributed by atoms with E-state index in [1.54, 1.807) is 7.11 Å². The zero-order valence-corrected chi connectivity index (χ0v) is 17.9. The molecule has 0 amide bonds. The highest BCUT2D eigenvalue weighted by Crippen LogP contribution is 2.44. The molecule has 1 aliphatic rings. The first kappa shape index (κ1) is 20.1. The number of carbonyl (C=O) groups excluding carboxylic acids is 1. The number of carboxylic acids is 1. The van der Waals surface area contributed by atoms with Gasteiger partial charge in [0.15, 0.2) is 0 Å². The van der Waals surface area contributed by atoms with Crippen molar-refractivity contribution in [2.24, 2.45) is 11.3 Å². The second kappa shape index (κ2) is 7.60. The van der Waals surface area contributed by atoms with Crippen LogP contribution in [-0.2, 0) is 6.42 Å². The summed E-state index contributed by atoms with van der Waals surface area (Å²) in [5.74, 6) is -0.0316. The maximum absolute atomic E-state index is 12.2. The van der Waals surface area contributed by atoms with E-state index in [0.717, 1.165) is 34.6 Å². The lowest BCUT2D eigenvalue weighted by molar-refractivity contribution is -0.254. The van der Waals surface area contributed by atoms with Gasteiger partial charge in [-0.2, -0.15) is 0 Å². The molecule has 1 atom stereocenters. The Labute approximate surface area is 177 Å². The van der Waals surface area contributed by atoms with Crippen molar-refractivity contribution in [3.8, 4) is 5.75 Å². The predicted octanol–water partition coefficient (Wildman–Crippen LogP) is 4.76. The van der Waals surface area contributed by atoms with Crippen LogP contribution in [0.15, 0.2) is 48.5 Å². The van der Waals surface area contributed by atoms with E-state index < -0.39 is 5.97 Å². The zero-order valence-electron chi connectivity index (χ0n) is 17.9. The van der Waals surface area contributed by atoms with Gasteiger partial charge in [-0.25, -0.2) is 4.98 Å². The van der Waals surface area contributed by atoms with Gasteiger partial charge >= 0.3 is 0 Å². The molecular weight excluding hydrogens is 374 g/mol. The Morgan fingerprint density at radius 2 is 1.80 bits per heavy atom. The summed E-state index contributed by atoms with van der Waals surface area (Å²) in [5, 5.41) is 12.9. The topological polar surface area (TPSA) is 62.2 Å². The third-order valence-corrected chi connectivity index (χ3v) is 6.10. The Hall–Kier alpha value is -3.14. The Morgan fingerprint density at radius 3 is 2.43 bits per heavy atom. The van der Waals surface area contributed by atoms with E-state index in [4.69, 9.17) is 9.72 Å². The maximum Gasteiger partial charge on any atom is 0.118 e. The third kappa shape index (κ3) is 3.70. The van der Waals surface area contributed by atoms with E-state index in [9.17, 15) is 9.90 Å². The number of fused-ring (bicyclic) bond motifs is 2. The average Bonchev–Trinajstić information content (AvgIpc) is 2.71. The summed E-state index contributed by atoms with van der Waals surface area (Å²) in [4.78, 5) is 17.1. The summed E-state index contributed by atoms with van der Waals surface area (Å²) in [6.45, 7) is 6.63. The van der Waals surface area contributed by atoms with Crippen molar-refractivity contribution in [3.05, 3.63) is 70.9 Å². The molecule has 0 spiro atoms. The highest BCUT2D eigenvalue weighted by molar-refractivity contribution is 6.05. The van der Waals surface area contributed by atoms with Crippen LogP contribution in [-0.4, -0.2) is 18.1 Å². The van der Waals surface area contributed by atoms with Crippen molar-refractivity contribution in [2.45, 2.75) is 33.6 Å². The molecule has 0 fully saturated rings. The smallest absolute Gasteiger partial charge is 0.118 e. The molecule has 4 heteroatoms. The quantitative estimate of drug-likeness (QED) is 0.636. The van der Waals surface area contributed by atoms with Gasteiger partial charge < -0.3 is 14.6 Å². The molecule has 3 aromatic rings. The number of aromatic nitrogens is 1. The molecule has 0 saturated heterocycles. The monoisotopic (exact) mass is 400 g/mol. The van der Waals surface area contributed by atoms with Crippen LogP contribution in [0.25, 0.3) is 22.6 Å². The molecule has 4 rings (SSSR count). The Morgan fingerprint density at radius 1 is 1.10 bits per heavy atom. The molecule has 0 N–H and O–H groups in total. The maximum atomic E-state index is 12.2. The SMILES string of the molecule is COc1ccc(/C=C2\C[C@@H](C(C)(C)C)Cc3c2nc2ccccc2c3C(=O)[O-])cc1. The number of ether oxygens (including phenoxy) is 1. The van der Waals surface area contributed by atoms with E-state index >= 15 is 0 Å². The zero-order chi connectivity index (χ0) is 21.5. The van der Waals surface area contributed by atoms with E-state index in [1.165, 1.54) is 0 Å². The lowest BCUT2D eigenvalue weighted by Gasteiger charge is -2.37. The van der Waals surface area contributed by atoms with Crippen molar-refractivity contribution in [2.75, 3.05) is 7.11 Å². The normalized spacial score (nSPS) is 17.7. The number of rotatable bonds is 3.